The summed E-state index contributed by atoms with van der Waals surface area (Å²) in [6.07, 6.45) is 1.01. The van der Waals surface area contributed by atoms with Crippen LogP contribution in [0, 0.1) is 0 Å². The lowest BCUT2D eigenvalue weighted by Gasteiger charge is -2.18. The maximum Gasteiger partial charge on any atom is 0.193 e. The summed E-state index contributed by atoms with van der Waals surface area (Å²) in [5.74, 6) is 1.83. The van der Waals surface area contributed by atoms with Gasteiger partial charge < -0.3 is 25.4 Å². The molecule has 0 saturated carbocycles. The van der Waals surface area contributed by atoms with E-state index in [9.17, 15) is 0 Å². The Kier molecular flexibility index (Phi) is 9.31. The summed E-state index contributed by atoms with van der Waals surface area (Å²) < 4.78 is 11.4. The van der Waals surface area contributed by atoms with Gasteiger partial charge in [0.2, 0.25) is 0 Å². The fraction of sp³-hybridized carbons (Fsp3) is 0.435. The van der Waals surface area contributed by atoms with Crippen molar-refractivity contribution in [3.8, 4) is 11.5 Å². The molecule has 0 unspecified atom stereocenters. The van der Waals surface area contributed by atoms with Gasteiger partial charge in [-0.05, 0) is 54.9 Å². The molecule has 2 aromatic rings. The van der Waals surface area contributed by atoms with Gasteiger partial charge in [0.15, 0.2) is 17.5 Å². The Morgan fingerprint density at radius 2 is 1.69 bits per heavy atom. The number of methoxy groups -OCH3 is 1. The number of benzene rings is 2. The third-order valence-electron chi connectivity index (χ3n) is 4.85. The molecule has 0 radical (unpaired) electrons. The van der Waals surface area contributed by atoms with Crippen LogP contribution in [0.3, 0.4) is 0 Å². The largest absolute Gasteiger partial charge is 0.493 e. The number of guanidine groups is 1. The van der Waals surface area contributed by atoms with Crippen LogP contribution in [0.1, 0.15) is 31.9 Å². The molecule has 0 aromatic heterocycles. The van der Waals surface area contributed by atoms with Crippen LogP contribution in [0.25, 0.3) is 0 Å². The lowest BCUT2D eigenvalue weighted by Crippen LogP contribution is -2.27. The number of rotatable bonds is 11. The van der Waals surface area contributed by atoms with E-state index in [-0.39, 0.29) is 0 Å². The highest BCUT2D eigenvalue weighted by atomic mass is 16.5. The molecule has 0 aliphatic rings. The van der Waals surface area contributed by atoms with E-state index in [1.807, 2.05) is 30.3 Å². The number of likely N-dealkylation sites (N-methyl/N-ethyl adjacent to an activating group) is 1. The van der Waals surface area contributed by atoms with Gasteiger partial charge >= 0.3 is 0 Å². The second-order valence-electron chi connectivity index (χ2n) is 6.74. The van der Waals surface area contributed by atoms with Gasteiger partial charge in [-0.3, -0.25) is 0 Å². The van der Waals surface area contributed by atoms with Crippen molar-refractivity contribution in [2.45, 2.75) is 33.7 Å². The summed E-state index contributed by atoms with van der Waals surface area (Å²) in [6.45, 7) is 10.5. The molecular weight excluding hydrogens is 364 g/mol. The highest BCUT2D eigenvalue weighted by molar-refractivity contribution is 5.92. The van der Waals surface area contributed by atoms with E-state index in [4.69, 9.17) is 15.2 Å². The SMILES string of the molecule is CCc1ccc(NC(N)=NCc2ccc(OCCN(CC)CC)c(OC)c2)cc1. The van der Waals surface area contributed by atoms with E-state index >= 15 is 0 Å². The number of aliphatic imine (C=N–C) groups is 1. The van der Waals surface area contributed by atoms with Crippen LogP contribution in [-0.2, 0) is 13.0 Å². The Hall–Kier alpha value is -2.73. The van der Waals surface area contributed by atoms with Gasteiger partial charge in [0.05, 0.1) is 13.7 Å². The van der Waals surface area contributed by atoms with Crippen molar-refractivity contribution >= 4 is 11.6 Å². The predicted molar refractivity (Wildman–Crippen MR) is 121 cm³/mol. The maximum absolute atomic E-state index is 6.02. The Morgan fingerprint density at radius 3 is 2.31 bits per heavy atom. The van der Waals surface area contributed by atoms with E-state index in [1.54, 1.807) is 7.11 Å². The minimum absolute atomic E-state index is 0.382. The number of nitrogens with one attached hydrogen (secondary N) is 1. The second kappa shape index (κ2) is 12.0. The maximum atomic E-state index is 6.02. The molecule has 0 amide bonds. The summed E-state index contributed by atoms with van der Waals surface area (Å²) in [4.78, 5) is 6.75. The molecule has 3 N–H and O–H groups in total. The zero-order chi connectivity index (χ0) is 21.1. The van der Waals surface area contributed by atoms with Gasteiger partial charge in [0.25, 0.3) is 0 Å². The van der Waals surface area contributed by atoms with Gasteiger partial charge in [0.1, 0.15) is 6.61 Å². The van der Waals surface area contributed by atoms with Crippen molar-refractivity contribution in [1.82, 2.24) is 4.90 Å². The molecule has 0 fully saturated rings. The van der Waals surface area contributed by atoms with Gasteiger partial charge in [0, 0.05) is 12.2 Å². The number of nitrogens with two attached hydrogens (primary N) is 1. The molecule has 29 heavy (non-hydrogen) atoms. The van der Waals surface area contributed by atoms with Crippen molar-refractivity contribution in [3.05, 3.63) is 53.6 Å². The van der Waals surface area contributed by atoms with Crippen molar-refractivity contribution in [3.63, 3.8) is 0 Å². The van der Waals surface area contributed by atoms with Crippen LogP contribution in [0.15, 0.2) is 47.5 Å². The van der Waals surface area contributed by atoms with Crippen molar-refractivity contribution in [2.24, 2.45) is 10.7 Å². The van der Waals surface area contributed by atoms with E-state index < -0.39 is 0 Å². The summed E-state index contributed by atoms with van der Waals surface area (Å²) in [5.41, 5.74) is 9.25. The Morgan fingerprint density at radius 1 is 1.00 bits per heavy atom. The van der Waals surface area contributed by atoms with Crippen LogP contribution in [0.2, 0.25) is 0 Å². The standard InChI is InChI=1S/C23H34N4O2/c1-5-18-8-11-20(12-9-18)26-23(24)25-17-19-10-13-21(22(16-19)28-4)29-15-14-27(6-2)7-3/h8-13,16H,5-7,14-15,17H2,1-4H3,(H3,24,25,26). The predicted octanol–water partition coefficient (Wildman–Crippen LogP) is 3.91. The van der Waals surface area contributed by atoms with E-state index in [2.05, 4.69) is 48.1 Å². The summed E-state index contributed by atoms with van der Waals surface area (Å²) in [6, 6.07) is 14.0. The van der Waals surface area contributed by atoms with Gasteiger partial charge in [-0.25, -0.2) is 4.99 Å². The monoisotopic (exact) mass is 398 g/mol. The zero-order valence-corrected chi connectivity index (χ0v) is 18.1. The molecular formula is C23H34N4O2. The van der Waals surface area contributed by atoms with E-state index in [1.165, 1.54) is 5.56 Å². The fourth-order valence-electron chi connectivity index (χ4n) is 2.94. The number of aryl methyl sites for hydroxylation is 1. The lowest BCUT2D eigenvalue weighted by molar-refractivity contribution is 0.217. The van der Waals surface area contributed by atoms with E-state index in [0.717, 1.165) is 43.1 Å². The molecule has 6 nitrogen and oxygen atoms in total. The Bertz CT molecular complexity index is 771. The van der Waals surface area contributed by atoms with Crippen LogP contribution in [-0.4, -0.2) is 44.2 Å². The summed E-state index contributed by atoms with van der Waals surface area (Å²) >= 11 is 0. The van der Waals surface area contributed by atoms with Crippen LogP contribution in [0.5, 0.6) is 11.5 Å². The minimum atomic E-state index is 0.382. The normalized spacial score (nSPS) is 11.6. The first-order valence-electron chi connectivity index (χ1n) is 10.3. The molecule has 0 saturated heterocycles. The first-order valence-corrected chi connectivity index (χ1v) is 10.3. The van der Waals surface area contributed by atoms with Gasteiger partial charge in [-0.15, -0.1) is 0 Å². The smallest absolute Gasteiger partial charge is 0.193 e. The van der Waals surface area contributed by atoms with E-state index in [0.29, 0.717) is 24.9 Å². The second-order valence-corrected chi connectivity index (χ2v) is 6.74. The Labute approximate surface area is 174 Å². The molecule has 6 heteroatoms. The first kappa shape index (κ1) is 22.6. The van der Waals surface area contributed by atoms with Crippen LogP contribution in [0.4, 0.5) is 5.69 Å². The zero-order valence-electron chi connectivity index (χ0n) is 18.1. The molecule has 2 rings (SSSR count). The third-order valence-corrected chi connectivity index (χ3v) is 4.85. The number of ether oxygens (including phenoxy) is 2. The average Bonchev–Trinajstić information content (AvgIpc) is 2.76. The van der Waals surface area contributed by atoms with Crippen LogP contribution < -0.4 is 20.5 Å². The summed E-state index contributed by atoms with van der Waals surface area (Å²) in [5, 5.41) is 3.12. The van der Waals surface area contributed by atoms with Gasteiger partial charge in [-0.1, -0.05) is 39.0 Å². The lowest BCUT2D eigenvalue weighted by atomic mass is 10.1. The molecule has 0 aliphatic carbocycles. The summed E-state index contributed by atoms with van der Waals surface area (Å²) in [7, 11) is 1.65. The van der Waals surface area contributed by atoms with Crippen molar-refractivity contribution in [2.75, 3.05) is 38.7 Å². The third kappa shape index (κ3) is 7.31. The van der Waals surface area contributed by atoms with Crippen molar-refractivity contribution < 1.29 is 9.47 Å². The highest BCUT2D eigenvalue weighted by Gasteiger charge is 2.07. The number of hydrogen-bond donors (Lipinski definition) is 2. The molecule has 0 aliphatic heterocycles. The van der Waals surface area contributed by atoms with Crippen molar-refractivity contribution in [1.29, 1.82) is 0 Å². The molecule has 0 bridgehead atoms. The highest BCUT2D eigenvalue weighted by Crippen LogP contribution is 2.28. The molecule has 0 heterocycles. The molecule has 158 valence electrons. The molecule has 0 spiro atoms. The molecule has 0 atom stereocenters. The fourth-order valence-corrected chi connectivity index (χ4v) is 2.94. The quantitative estimate of drug-likeness (QED) is 0.444. The Balaban J connectivity index is 1.93. The number of nitrogens with zero attached hydrogens (tertiary/aromatic N) is 2. The number of hydrogen-bond acceptors (Lipinski definition) is 4. The topological polar surface area (TPSA) is 72.1 Å². The number of anilines is 1. The minimum Gasteiger partial charge on any atom is -0.493 e. The molecule has 2 aromatic carbocycles. The van der Waals surface area contributed by atoms with Gasteiger partial charge in [-0.2, -0.15) is 0 Å². The first-order chi connectivity index (χ1) is 14.1. The average molecular weight is 399 g/mol. The van der Waals surface area contributed by atoms with Crippen LogP contribution >= 0.6 is 0 Å².